The van der Waals surface area contributed by atoms with Crippen LogP contribution in [0.5, 0.6) is 11.5 Å². The fourth-order valence-corrected chi connectivity index (χ4v) is 3.45. The molecule has 0 saturated heterocycles. The van der Waals surface area contributed by atoms with E-state index in [2.05, 4.69) is 19.1 Å². The van der Waals surface area contributed by atoms with Gasteiger partial charge in [-0.3, -0.25) is 9.59 Å². The fourth-order valence-electron chi connectivity index (χ4n) is 3.45. The highest BCUT2D eigenvalue weighted by molar-refractivity contribution is 5.83. The van der Waals surface area contributed by atoms with Crippen molar-refractivity contribution in [1.29, 1.82) is 0 Å². The molecule has 0 unspecified atom stereocenters. The number of rotatable bonds is 4. The summed E-state index contributed by atoms with van der Waals surface area (Å²) < 4.78 is 10.3. The first kappa shape index (κ1) is 19.6. The van der Waals surface area contributed by atoms with Gasteiger partial charge in [0.25, 0.3) is 0 Å². The second-order valence-electron chi connectivity index (χ2n) is 6.95. The van der Waals surface area contributed by atoms with Gasteiger partial charge in [-0.05, 0) is 59.7 Å². The molecule has 4 heteroatoms. The molecule has 1 aliphatic carbocycles. The van der Waals surface area contributed by atoms with Gasteiger partial charge in [0.1, 0.15) is 11.5 Å². The predicted octanol–water partition coefficient (Wildman–Crippen LogP) is 5.33. The van der Waals surface area contributed by atoms with E-state index < -0.39 is 0 Å². The lowest BCUT2D eigenvalue weighted by Gasteiger charge is -2.23. The van der Waals surface area contributed by atoms with Gasteiger partial charge >= 0.3 is 11.9 Å². The standard InChI is InChI=1S/C24H24O4/c1-16-6-4-5-7-23(16)24(19-8-12-21(13-9-19)27-17(2)25)20-10-14-22(15-11-20)28-18(3)26/h4-5,8-16H,6-7H2,1-3H3/t16-/m0/s1. The molecule has 0 aromatic heterocycles. The highest BCUT2D eigenvalue weighted by Gasteiger charge is 2.18. The van der Waals surface area contributed by atoms with Gasteiger partial charge in [-0.1, -0.05) is 48.9 Å². The minimum Gasteiger partial charge on any atom is -0.427 e. The van der Waals surface area contributed by atoms with Crippen molar-refractivity contribution in [2.24, 2.45) is 5.92 Å². The highest BCUT2D eigenvalue weighted by atomic mass is 16.5. The zero-order chi connectivity index (χ0) is 20.1. The Labute approximate surface area is 165 Å². The monoisotopic (exact) mass is 376 g/mol. The average molecular weight is 376 g/mol. The van der Waals surface area contributed by atoms with Crippen LogP contribution in [0.3, 0.4) is 0 Å². The van der Waals surface area contributed by atoms with Crippen molar-refractivity contribution in [1.82, 2.24) is 0 Å². The number of carbonyl (C=O) groups is 2. The Kier molecular flexibility index (Phi) is 6.09. The largest absolute Gasteiger partial charge is 0.427 e. The van der Waals surface area contributed by atoms with Crippen LogP contribution < -0.4 is 9.47 Å². The Morgan fingerprint density at radius 2 is 1.25 bits per heavy atom. The number of hydrogen-bond acceptors (Lipinski definition) is 4. The van der Waals surface area contributed by atoms with Crippen LogP contribution in [-0.4, -0.2) is 11.9 Å². The van der Waals surface area contributed by atoms with Gasteiger partial charge in [0.15, 0.2) is 0 Å². The van der Waals surface area contributed by atoms with Crippen LogP contribution >= 0.6 is 0 Å². The molecule has 3 rings (SSSR count). The molecule has 0 spiro atoms. The molecular formula is C24H24O4. The van der Waals surface area contributed by atoms with E-state index >= 15 is 0 Å². The van der Waals surface area contributed by atoms with Crippen LogP contribution in [0.15, 0.2) is 66.3 Å². The van der Waals surface area contributed by atoms with E-state index in [9.17, 15) is 9.59 Å². The molecule has 2 aromatic rings. The Hall–Kier alpha value is -3.14. The van der Waals surface area contributed by atoms with Crippen LogP contribution in [0.25, 0.3) is 5.57 Å². The van der Waals surface area contributed by atoms with Crippen molar-refractivity contribution < 1.29 is 19.1 Å². The molecule has 0 radical (unpaired) electrons. The molecule has 144 valence electrons. The van der Waals surface area contributed by atoms with E-state index in [1.165, 1.54) is 25.0 Å². The van der Waals surface area contributed by atoms with E-state index in [4.69, 9.17) is 9.47 Å². The van der Waals surface area contributed by atoms with Gasteiger partial charge in [-0.2, -0.15) is 0 Å². The van der Waals surface area contributed by atoms with Crippen LogP contribution in [0.2, 0.25) is 0 Å². The van der Waals surface area contributed by atoms with Crippen LogP contribution in [0.1, 0.15) is 44.7 Å². The maximum atomic E-state index is 11.2. The lowest BCUT2D eigenvalue weighted by atomic mass is 9.82. The fraction of sp³-hybridized carbons (Fsp3) is 0.250. The second kappa shape index (κ2) is 8.70. The first-order chi connectivity index (χ1) is 13.4. The molecule has 0 saturated carbocycles. The third kappa shape index (κ3) is 4.77. The number of esters is 2. The summed E-state index contributed by atoms with van der Waals surface area (Å²) in [4.78, 5) is 22.4. The van der Waals surface area contributed by atoms with Gasteiger partial charge in [0.2, 0.25) is 0 Å². The van der Waals surface area contributed by atoms with Crippen molar-refractivity contribution >= 4 is 17.5 Å². The first-order valence-corrected chi connectivity index (χ1v) is 9.40. The van der Waals surface area contributed by atoms with Crippen molar-refractivity contribution in [3.63, 3.8) is 0 Å². The summed E-state index contributed by atoms with van der Waals surface area (Å²) in [5, 5.41) is 0. The topological polar surface area (TPSA) is 52.6 Å². The molecule has 0 N–H and O–H groups in total. The van der Waals surface area contributed by atoms with Gasteiger partial charge in [0.05, 0.1) is 0 Å². The quantitative estimate of drug-likeness (QED) is 0.411. The molecule has 1 aliphatic rings. The van der Waals surface area contributed by atoms with Gasteiger partial charge in [0, 0.05) is 13.8 Å². The molecule has 1 atom stereocenters. The summed E-state index contributed by atoms with van der Waals surface area (Å²) in [6, 6.07) is 15.2. The van der Waals surface area contributed by atoms with Crippen LogP contribution in [0.4, 0.5) is 0 Å². The molecule has 2 aromatic carbocycles. The molecule has 28 heavy (non-hydrogen) atoms. The first-order valence-electron chi connectivity index (χ1n) is 9.40. The molecule has 0 bridgehead atoms. The molecule has 0 aliphatic heterocycles. The lowest BCUT2D eigenvalue weighted by molar-refractivity contribution is -0.132. The number of allylic oxidation sites excluding steroid dienone is 3. The smallest absolute Gasteiger partial charge is 0.308 e. The zero-order valence-electron chi connectivity index (χ0n) is 16.4. The van der Waals surface area contributed by atoms with E-state index in [0.29, 0.717) is 17.4 Å². The van der Waals surface area contributed by atoms with Gasteiger partial charge < -0.3 is 9.47 Å². The number of hydrogen-bond donors (Lipinski definition) is 0. The minimum atomic E-state index is -0.335. The third-order valence-electron chi connectivity index (χ3n) is 4.72. The van der Waals surface area contributed by atoms with Crippen molar-refractivity contribution in [3.05, 3.63) is 77.4 Å². The summed E-state index contributed by atoms with van der Waals surface area (Å²) in [7, 11) is 0. The maximum Gasteiger partial charge on any atom is 0.308 e. The SMILES string of the molecule is CC(=O)Oc1ccc(C(=C2CC=CC[C@@H]2C)c2ccc(OC(C)=O)cc2)cc1. The van der Waals surface area contributed by atoms with Crippen LogP contribution in [0, 0.1) is 5.92 Å². The van der Waals surface area contributed by atoms with Crippen LogP contribution in [-0.2, 0) is 9.59 Å². The second-order valence-corrected chi connectivity index (χ2v) is 6.95. The summed E-state index contributed by atoms with van der Waals surface area (Å²) in [6.07, 6.45) is 6.33. The van der Waals surface area contributed by atoms with Gasteiger partial charge in [-0.25, -0.2) is 0 Å². The van der Waals surface area contributed by atoms with Crippen molar-refractivity contribution in [3.8, 4) is 11.5 Å². The van der Waals surface area contributed by atoms with E-state index in [-0.39, 0.29) is 11.9 Å². The van der Waals surface area contributed by atoms with E-state index in [1.54, 1.807) is 0 Å². The summed E-state index contributed by atoms with van der Waals surface area (Å²) in [5.41, 5.74) is 4.66. The summed E-state index contributed by atoms with van der Waals surface area (Å²) in [5.74, 6) is 0.822. The maximum absolute atomic E-state index is 11.2. The average Bonchev–Trinajstić information content (AvgIpc) is 2.65. The normalized spacial score (nSPS) is 15.8. The zero-order valence-corrected chi connectivity index (χ0v) is 16.4. The molecule has 0 amide bonds. The number of benzene rings is 2. The Bertz CT molecular complexity index is 857. The minimum absolute atomic E-state index is 0.335. The Morgan fingerprint density at radius 1 is 0.786 bits per heavy atom. The lowest BCUT2D eigenvalue weighted by Crippen LogP contribution is -2.07. The molecular weight excluding hydrogens is 352 g/mol. The Balaban J connectivity index is 2.03. The van der Waals surface area contributed by atoms with Gasteiger partial charge in [-0.15, -0.1) is 0 Å². The predicted molar refractivity (Wildman–Crippen MR) is 109 cm³/mol. The Morgan fingerprint density at radius 3 is 1.64 bits per heavy atom. The van der Waals surface area contributed by atoms with E-state index in [1.807, 2.05) is 48.5 Å². The summed E-state index contributed by atoms with van der Waals surface area (Å²) in [6.45, 7) is 5.02. The molecule has 4 nitrogen and oxygen atoms in total. The highest BCUT2D eigenvalue weighted by Crippen LogP contribution is 2.37. The molecule has 0 fully saturated rings. The number of carbonyl (C=O) groups excluding carboxylic acids is 2. The van der Waals surface area contributed by atoms with E-state index in [0.717, 1.165) is 24.0 Å². The van der Waals surface area contributed by atoms with Crippen molar-refractivity contribution in [2.75, 3.05) is 0 Å². The summed E-state index contributed by atoms with van der Waals surface area (Å²) >= 11 is 0. The van der Waals surface area contributed by atoms with Crippen molar-refractivity contribution in [2.45, 2.75) is 33.6 Å². The third-order valence-corrected chi connectivity index (χ3v) is 4.72. The number of ether oxygens (including phenoxy) is 2. The molecule has 0 heterocycles.